The van der Waals surface area contributed by atoms with Crippen LogP contribution < -0.4 is 5.56 Å². The molecule has 0 aliphatic carbocycles. The third-order valence-electron chi connectivity index (χ3n) is 5.61. The first-order valence-electron chi connectivity index (χ1n) is 9.75. The molecule has 0 atom stereocenters. The molecule has 0 unspecified atom stereocenters. The molecule has 0 spiro atoms. The van der Waals surface area contributed by atoms with Crippen LogP contribution in [0.2, 0.25) is 0 Å². The van der Waals surface area contributed by atoms with E-state index in [4.69, 9.17) is 0 Å². The molecule has 146 valence electrons. The van der Waals surface area contributed by atoms with Crippen LogP contribution in [0.5, 0.6) is 0 Å². The number of carbonyl (C=O) groups excluding carboxylic acids is 1. The van der Waals surface area contributed by atoms with Gasteiger partial charge in [-0.3, -0.25) is 9.59 Å². The number of aryl methyl sites for hydroxylation is 2. The number of benzene rings is 1. The first-order valence-corrected chi connectivity index (χ1v) is 9.75. The van der Waals surface area contributed by atoms with Crippen LogP contribution in [0.3, 0.4) is 0 Å². The lowest BCUT2D eigenvalue weighted by molar-refractivity contribution is -0.133. The third kappa shape index (κ3) is 3.32. The van der Waals surface area contributed by atoms with Crippen LogP contribution in [-0.4, -0.2) is 43.1 Å². The summed E-state index contributed by atoms with van der Waals surface area (Å²) in [6.45, 7) is 7.78. The molecule has 1 fully saturated rings. The van der Waals surface area contributed by atoms with E-state index in [2.05, 4.69) is 17.0 Å². The zero-order chi connectivity index (χ0) is 19.8. The number of hydrogen-bond donors (Lipinski definition) is 0. The van der Waals surface area contributed by atoms with E-state index in [0.29, 0.717) is 23.2 Å². The van der Waals surface area contributed by atoms with Gasteiger partial charge in [0.2, 0.25) is 11.7 Å². The van der Waals surface area contributed by atoms with Gasteiger partial charge in [0.15, 0.2) is 5.82 Å². The van der Waals surface area contributed by atoms with Crippen molar-refractivity contribution < 1.29 is 4.79 Å². The molecule has 4 rings (SSSR count). The van der Waals surface area contributed by atoms with E-state index < -0.39 is 0 Å². The van der Waals surface area contributed by atoms with Crippen LogP contribution in [0.15, 0.2) is 35.1 Å². The van der Waals surface area contributed by atoms with Crippen LogP contribution >= 0.6 is 0 Å². The molecule has 1 saturated heterocycles. The lowest BCUT2D eigenvalue weighted by Crippen LogP contribution is -2.40. The van der Waals surface area contributed by atoms with E-state index in [9.17, 15) is 9.59 Å². The molecule has 0 N–H and O–H groups in total. The van der Waals surface area contributed by atoms with Crippen LogP contribution in [0.25, 0.3) is 17.2 Å². The lowest BCUT2D eigenvalue weighted by Gasteiger charge is -2.30. The van der Waals surface area contributed by atoms with Gasteiger partial charge in [0.05, 0.1) is 0 Å². The van der Waals surface area contributed by atoms with Crippen molar-refractivity contribution in [2.75, 3.05) is 13.1 Å². The molecule has 3 aromatic rings. The quantitative estimate of drug-likeness (QED) is 0.701. The van der Waals surface area contributed by atoms with Gasteiger partial charge in [0.25, 0.3) is 5.56 Å². The van der Waals surface area contributed by atoms with E-state index in [0.717, 1.165) is 37.1 Å². The van der Waals surface area contributed by atoms with E-state index in [-0.39, 0.29) is 18.0 Å². The number of likely N-dealkylation sites (tertiary alicyclic amines) is 1. The van der Waals surface area contributed by atoms with Crippen LogP contribution in [0.4, 0.5) is 0 Å². The summed E-state index contributed by atoms with van der Waals surface area (Å²) in [5.41, 5.74) is 2.38. The van der Waals surface area contributed by atoms with E-state index in [1.54, 1.807) is 4.57 Å². The third-order valence-corrected chi connectivity index (χ3v) is 5.61. The Hall–Kier alpha value is -2.96. The maximum atomic E-state index is 12.9. The van der Waals surface area contributed by atoms with Crippen molar-refractivity contribution in [3.8, 4) is 11.4 Å². The fraction of sp³-hybridized carbons (Fsp3) is 0.429. The summed E-state index contributed by atoms with van der Waals surface area (Å²) >= 11 is 0. The fourth-order valence-electron chi connectivity index (χ4n) is 3.73. The van der Waals surface area contributed by atoms with Gasteiger partial charge in [-0.1, -0.05) is 31.2 Å². The Morgan fingerprint density at radius 1 is 1.18 bits per heavy atom. The molecule has 3 heterocycles. The van der Waals surface area contributed by atoms with Crippen molar-refractivity contribution in [2.24, 2.45) is 5.92 Å². The van der Waals surface area contributed by atoms with Gasteiger partial charge in [0, 0.05) is 30.4 Å². The predicted octanol–water partition coefficient (Wildman–Crippen LogP) is 2.43. The van der Waals surface area contributed by atoms with Gasteiger partial charge in [-0.05, 0) is 38.2 Å². The van der Waals surface area contributed by atoms with E-state index >= 15 is 0 Å². The maximum Gasteiger partial charge on any atom is 0.275 e. The minimum absolute atomic E-state index is 0.0565. The van der Waals surface area contributed by atoms with Crippen molar-refractivity contribution in [3.05, 3.63) is 51.9 Å². The van der Waals surface area contributed by atoms with Gasteiger partial charge in [-0.2, -0.15) is 9.50 Å². The minimum Gasteiger partial charge on any atom is -0.341 e. The smallest absolute Gasteiger partial charge is 0.275 e. The molecule has 28 heavy (non-hydrogen) atoms. The van der Waals surface area contributed by atoms with Crippen molar-refractivity contribution in [1.29, 1.82) is 0 Å². The Morgan fingerprint density at radius 2 is 1.89 bits per heavy atom. The second kappa shape index (κ2) is 7.22. The Labute approximate surface area is 163 Å². The van der Waals surface area contributed by atoms with Gasteiger partial charge < -0.3 is 9.47 Å². The van der Waals surface area contributed by atoms with Gasteiger partial charge in [-0.15, -0.1) is 5.10 Å². The first-order chi connectivity index (χ1) is 13.4. The monoisotopic (exact) mass is 379 g/mol. The van der Waals surface area contributed by atoms with E-state index in [1.165, 1.54) is 10.6 Å². The number of fused-ring (bicyclic) bond motifs is 1. The summed E-state index contributed by atoms with van der Waals surface area (Å²) in [5, 5.41) is 4.42. The number of carbonyl (C=O) groups is 1. The molecular weight excluding hydrogens is 354 g/mol. The molecule has 0 bridgehead atoms. The van der Waals surface area contributed by atoms with Crippen molar-refractivity contribution in [1.82, 2.24) is 24.1 Å². The summed E-state index contributed by atoms with van der Waals surface area (Å²) < 4.78 is 3.08. The van der Waals surface area contributed by atoms with Gasteiger partial charge in [0.1, 0.15) is 6.54 Å². The second-order valence-electron chi connectivity index (χ2n) is 7.74. The molecular formula is C21H25N5O2. The highest BCUT2D eigenvalue weighted by Gasteiger charge is 2.22. The molecule has 1 aromatic carbocycles. The maximum absolute atomic E-state index is 12.9. The standard InChI is InChI=1S/C21H25N5O2/c1-14-8-10-24(11-9-14)19(28)13-25-16(3)12-18(27)26-21(25)22-20(23-26)17-7-5-4-6-15(17)2/h4-7,12,14H,8-11,13H2,1-3H3. The number of hydrogen-bond acceptors (Lipinski definition) is 4. The summed E-state index contributed by atoms with van der Waals surface area (Å²) in [5.74, 6) is 1.62. The highest BCUT2D eigenvalue weighted by molar-refractivity contribution is 5.76. The summed E-state index contributed by atoms with van der Waals surface area (Å²) in [4.78, 5) is 31.8. The molecule has 7 heteroatoms. The zero-order valence-corrected chi connectivity index (χ0v) is 16.6. The van der Waals surface area contributed by atoms with Crippen LogP contribution in [0.1, 0.15) is 31.0 Å². The summed E-state index contributed by atoms with van der Waals surface area (Å²) in [6, 6.07) is 9.31. The number of rotatable bonds is 3. The highest BCUT2D eigenvalue weighted by Crippen LogP contribution is 2.21. The molecule has 2 aromatic heterocycles. The van der Waals surface area contributed by atoms with Crippen molar-refractivity contribution in [2.45, 2.75) is 40.2 Å². The van der Waals surface area contributed by atoms with Crippen molar-refractivity contribution >= 4 is 11.7 Å². The summed E-state index contributed by atoms with van der Waals surface area (Å²) in [6.07, 6.45) is 2.07. The number of amides is 1. The normalized spacial score (nSPS) is 15.3. The average molecular weight is 379 g/mol. The highest BCUT2D eigenvalue weighted by atomic mass is 16.2. The van der Waals surface area contributed by atoms with Crippen molar-refractivity contribution in [3.63, 3.8) is 0 Å². The zero-order valence-electron chi connectivity index (χ0n) is 16.6. The van der Waals surface area contributed by atoms with Gasteiger partial charge >= 0.3 is 0 Å². The Balaban J connectivity index is 1.73. The number of aromatic nitrogens is 4. The van der Waals surface area contributed by atoms with Crippen LogP contribution in [0, 0.1) is 19.8 Å². The molecule has 7 nitrogen and oxygen atoms in total. The van der Waals surface area contributed by atoms with Crippen LogP contribution in [-0.2, 0) is 11.3 Å². The van der Waals surface area contributed by atoms with Gasteiger partial charge in [-0.25, -0.2) is 0 Å². The topological polar surface area (TPSA) is 72.5 Å². The molecule has 1 aliphatic rings. The molecule has 1 aliphatic heterocycles. The lowest BCUT2D eigenvalue weighted by atomic mass is 9.99. The fourth-order valence-corrected chi connectivity index (χ4v) is 3.73. The predicted molar refractivity (Wildman–Crippen MR) is 107 cm³/mol. The first kappa shape index (κ1) is 18.4. The SMILES string of the molecule is Cc1ccccc1-c1nc2n(CC(=O)N3CCC(C)CC3)c(C)cc(=O)n2n1. The van der Waals surface area contributed by atoms with E-state index in [1.807, 2.05) is 43.0 Å². The molecule has 0 radical (unpaired) electrons. The second-order valence-corrected chi connectivity index (χ2v) is 7.74. The Kier molecular flexibility index (Phi) is 4.75. The Bertz CT molecular complexity index is 1090. The molecule has 1 amide bonds. The Morgan fingerprint density at radius 3 is 2.61 bits per heavy atom. The number of nitrogens with zero attached hydrogens (tertiary/aromatic N) is 5. The minimum atomic E-state index is -0.240. The largest absolute Gasteiger partial charge is 0.341 e. The number of piperidine rings is 1. The summed E-state index contributed by atoms with van der Waals surface area (Å²) in [7, 11) is 0. The molecule has 0 saturated carbocycles. The average Bonchev–Trinajstić information content (AvgIpc) is 3.11.